The molecule has 1 aliphatic rings. The summed E-state index contributed by atoms with van der Waals surface area (Å²) in [6.45, 7) is 11.5. The second-order valence-corrected chi connectivity index (χ2v) is 8.04. The molecule has 3 rings (SSSR count). The van der Waals surface area contributed by atoms with E-state index in [1.54, 1.807) is 11.3 Å². The molecule has 0 unspecified atom stereocenters. The molecule has 0 saturated heterocycles. The average Bonchev–Trinajstić information content (AvgIpc) is 2.67. The molecular weight excluding hydrogens is 266 g/mol. The molecule has 1 saturated carbocycles. The molecular formula is C16H23N3S. The molecule has 0 bridgehead atoms. The number of nitrogens with one attached hydrogen (secondary N) is 1. The highest BCUT2D eigenvalue weighted by Gasteiger charge is 2.63. The van der Waals surface area contributed by atoms with Crippen LogP contribution in [0.15, 0.2) is 18.2 Å². The van der Waals surface area contributed by atoms with Gasteiger partial charge in [-0.05, 0) is 41.0 Å². The van der Waals surface area contributed by atoms with Crippen LogP contribution in [0, 0.1) is 16.7 Å². The Morgan fingerprint density at radius 2 is 1.95 bits per heavy atom. The summed E-state index contributed by atoms with van der Waals surface area (Å²) in [7, 11) is 0. The molecule has 1 heterocycles. The molecule has 0 radical (unpaired) electrons. The predicted octanol–water partition coefficient (Wildman–Crippen LogP) is 3.65. The maximum absolute atomic E-state index is 5.74. The van der Waals surface area contributed by atoms with Crippen molar-refractivity contribution in [1.82, 2.24) is 10.3 Å². The number of anilines is 1. The summed E-state index contributed by atoms with van der Waals surface area (Å²) in [4.78, 5) is 4.29. The zero-order chi connectivity index (χ0) is 14.5. The smallest absolute Gasteiger partial charge is 0.181 e. The van der Waals surface area contributed by atoms with Crippen LogP contribution in [0.1, 0.15) is 33.3 Å². The van der Waals surface area contributed by atoms with Gasteiger partial charge in [0.05, 0.1) is 10.2 Å². The van der Waals surface area contributed by atoms with Gasteiger partial charge in [-0.2, -0.15) is 0 Å². The number of nitrogens with two attached hydrogens (primary N) is 1. The van der Waals surface area contributed by atoms with E-state index in [0.717, 1.165) is 24.5 Å². The number of hydrogen-bond donors (Lipinski definition) is 2. The first-order valence-corrected chi connectivity index (χ1v) is 7.99. The first-order valence-electron chi connectivity index (χ1n) is 7.18. The molecule has 0 spiro atoms. The van der Waals surface area contributed by atoms with Crippen molar-refractivity contribution in [2.24, 2.45) is 16.7 Å². The minimum atomic E-state index is 0.454. The Balaban J connectivity index is 1.61. The minimum absolute atomic E-state index is 0.454. The van der Waals surface area contributed by atoms with Crippen LogP contribution < -0.4 is 11.1 Å². The van der Waals surface area contributed by atoms with Crippen molar-refractivity contribution < 1.29 is 0 Å². The molecule has 3 N–H and O–H groups in total. The fourth-order valence-electron chi connectivity index (χ4n) is 3.30. The average molecular weight is 289 g/mol. The van der Waals surface area contributed by atoms with Gasteiger partial charge in [-0.1, -0.05) is 45.1 Å². The Hall–Kier alpha value is -1.13. The molecule has 1 aliphatic carbocycles. The van der Waals surface area contributed by atoms with Gasteiger partial charge in [0.15, 0.2) is 5.13 Å². The number of benzene rings is 1. The Labute approximate surface area is 124 Å². The lowest BCUT2D eigenvalue weighted by Crippen LogP contribution is -2.18. The molecule has 4 heteroatoms. The number of aromatic nitrogens is 1. The molecule has 1 fully saturated rings. The zero-order valence-electron chi connectivity index (χ0n) is 12.7. The second-order valence-electron chi connectivity index (χ2n) is 6.98. The van der Waals surface area contributed by atoms with E-state index in [1.807, 2.05) is 0 Å². The first-order chi connectivity index (χ1) is 9.32. The number of fused-ring (bicyclic) bond motifs is 1. The van der Waals surface area contributed by atoms with Gasteiger partial charge < -0.3 is 11.1 Å². The van der Waals surface area contributed by atoms with Gasteiger partial charge in [0.25, 0.3) is 0 Å². The van der Waals surface area contributed by atoms with Crippen molar-refractivity contribution in [1.29, 1.82) is 0 Å². The fourth-order valence-corrected chi connectivity index (χ4v) is 4.10. The Kier molecular flexibility index (Phi) is 3.07. The van der Waals surface area contributed by atoms with Crippen molar-refractivity contribution in [3.8, 4) is 0 Å². The summed E-state index contributed by atoms with van der Waals surface area (Å²) in [6.07, 6.45) is 0. The van der Waals surface area contributed by atoms with E-state index in [0.29, 0.717) is 16.0 Å². The van der Waals surface area contributed by atoms with Crippen LogP contribution in [0.5, 0.6) is 0 Å². The van der Waals surface area contributed by atoms with Gasteiger partial charge in [0, 0.05) is 6.54 Å². The summed E-state index contributed by atoms with van der Waals surface area (Å²) in [5.41, 5.74) is 8.95. The highest BCUT2D eigenvalue weighted by Crippen LogP contribution is 2.67. The second kappa shape index (κ2) is 4.43. The van der Waals surface area contributed by atoms with Crippen LogP contribution >= 0.6 is 11.3 Å². The highest BCUT2D eigenvalue weighted by molar-refractivity contribution is 7.22. The fraction of sp³-hybridized carbons (Fsp3) is 0.562. The zero-order valence-corrected chi connectivity index (χ0v) is 13.5. The van der Waals surface area contributed by atoms with Crippen molar-refractivity contribution >= 4 is 26.7 Å². The third-order valence-electron chi connectivity index (χ3n) is 5.47. The Bertz CT molecular complexity index is 628. The Morgan fingerprint density at radius 3 is 2.60 bits per heavy atom. The molecule has 1 aromatic carbocycles. The van der Waals surface area contributed by atoms with E-state index in [9.17, 15) is 0 Å². The first kappa shape index (κ1) is 13.8. The van der Waals surface area contributed by atoms with Crippen molar-refractivity contribution in [3.05, 3.63) is 23.8 Å². The predicted molar refractivity (Wildman–Crippen MR) is 86.8 cm³/mol. The summed E-state index contributed by atoms with van der Waals surface area (Å²) in [5, 5.41) is 4.24. The van der Waals surface area contributed by atoms with E-state index in [1.165, 1.54) is 10.3 Å². The summed E-state index contributed by atoms with van der Waals surface area (Å²) in [6, 6.07) is 6.39. The van der Waals surface area contributed by atoms with Crippen LogP contribution in [-0.4, -0.2) is 11.5 Å². The lowest BCUT2D eigenvalue weighted by molar-refractivity contribution is 0.457. The molecule has 108 valence electrons. The lowest BCUT2D eigenvalue weighted by atomic mass is 10.0. The summed E-state index contributed by atoms with van der Waals surface area (Å²) >= 11 is 1.56. The molecule has 2 aromatic rings. The topological polar surface area (TPSA) is 50.9 Å². The third kappa shape index (κ3) is 2.11. The Morgan fingerprint density at radius 1 is 1.25 bits per heavy atom. The summed E-state index contributed by atoms with van der Waals surface area (Å²) < 4.78 is 1.17. The van der Waals surface area contributed by atoms with Crippen LogP contribution in [0.3, 0.4) is 0 Å². The quantitative estimate of drug-likeness (QED) is 0.903. The van der Waals surface area contributed by atoms with E-state index in [2.05, 4.69) is 56.2 Å². The van der Waals surface area contributed by atoms with Gasteiger partial charge >= 0.3 is 0 Å². The van der Waals surface area contributed by atoms with E-state index in [4.69, 9.17) is 5.73 Å². The lowest BCUT2D eigenvalue weighted by Gasteiger charge is -2.06. The number of nitrogens with zero attached hydrogens (tertiary/aromatic N) is 1. The van der Waals surface area contributed by atoms with Gasteiger partial charge in [0.1, 0.15) is 0 Å². The molecule has 20 heavy (non-hydrogen) atoms. The maximum Gasteiger partial charge on any atom is 0.181 e. The van der Waals surface area contributed by atoms with E-state index >= 15 is 0 Å². The third-order valence-corrected chi connectivity index (χ3v) is 6.31. The number of rotatable bonds is 4. The van der Waals surface area contributed by atoms with Gasteiger partial charge in [-0.3, -0.25) is 0 Å². The van der Waals surface area contributed by atoms with Crippen LogP contribution in [0.25, 0.3) is 10.2 Å². The van der Waals surface area contributed by atoms with Gasteiger partial charge in [0.2, 0.25) is 0 Å². The van der Waals surface area contributed by atoms with Crippen LogP contribution in [0.4, 0.5) is 5.13 Å². The number of thiazole rings is 1. The molecule has 3 nitrogen and oxygen atoms in total. The molecule has 0 amide bonds. The maximum atomic E-state index is 5.74. The molecule has 1 aromatic heterocycles. The number of hydrogen-bond acceptors (Lipinski definition) is 4. The minimum Gasteiger partial charge on any atom is -0.375 e. The standard InChI is InChI=1S/C16H23N3S/c1-15(2)13(16(15,3)4)9-18-8-10-5-6-11-12(7-10)20-14(17)19-11/h5-7,13,18H,8-9H2,1-4H3,(H2,17,19). The largest absolute Gasteiger partial charge is 0.375 e. The molecule has 0 atom stereocenters. The molecule has 0 aliphatic heterocycles. The van der Waals surface area contributed by atoms with E-state index < -0.39 is 0 Å². The van der Waals surface area contributed by atoms with Crippen molar-refractivity contribution in [3.63, 3.8) is 0 Å². The monoisotopic (exact) mass is 289 g/mol. The van der Waals surface area contributed by atoms with Crippen LogP contribution in [-0.2, 0) is 6.54 Å². The van der Waals surface area contributed by atoms with Crippen LogP contribution in [0.2, 0.25) is 0 Å². The number of nitrogen functional groups attached to an aromatic ring is 1. The SMILES string of the molecule is CC1(C)C(CNCc2ccc3nc(N)sc3c2)C1(C)C. The van der Waals surface area contributed by atoms with E-state index in [-0.39, 0.29) is 0 Å². The van der Waals surface area contributed by atoms with Gasteiger partial charge in [-0.25, -0.2) is 4.98 Å². The highest BCUT2D eigenvalue weighted by atomic mass is 32.1. The van der Waals surface area contributed by atoms with Gasteiger partial charge in [-0.15, -0.1) is 0 Å². The van der Waals surface area contributed by atoms with Crippen molar-refractivity contribution in [2.45, 2.75) is 34.2 Å². The van der Waals surface area contributed by atoms with Crippen molar-refractivity contribution in [2.75, 3.05) is 12.3 Å². The normalized spacial score (nSPS) is 20.4. The summed E-state index contributed by atoms with van der Waals surface area (Å²) in [5.74, 6) is 0.762.